The Kier molecular flexibility index (Phi) is 14.9. The van der Waals surface area contributed by atoms with Crippen molar-refractivity contribution in [2.24, 2.45) is 0 Å². The summed E-state index contributed by atoms with van der Waals surface area (Å²) in [7, 11) is 0. The third-order valence-corrected chi connectivity index (χ3v) is 8.54. The van der Waals surface area contributed by atoms with Crippen molar-refractivity contribution in [2.75, 3.05) is 91.6 Å². The van der Waals surface area contributed by atoms with Crippen molar-refractivity contribution in [1.82, 2.24) is 29.8 Å². The van der Waals surface area contributed by atoms with Crippen molar-refractivity contribution < 1.29 is 39.0 Å². The quantitative estimate of drug-likeness (QED) is 0.120. The third-order valence-electron chi connectivity index (χ3n) is 6.54. The monoisotopic (exact) mass is 694 g/mol. The summed E-state index contributed by atoms with van der Waals surface area (Å²) in [4.78, 5) is 79.1. The number of carboxylic acids is 2. The van der Waals surface area contributed by atoms with Crippen LogP contribution in [-0.2, 0) is 28.8 Å². The third kappa shape index (κ3) is 11.7. The van der Waals surface area contributed by atoms with Gasteiger partial charge in [0.05, 0.1) is 26.2 Å². The molecular weight excluding hydrogens is 660 g/mol. The first-order valence-electron chi connectivity index (χ1n) is 13.0. The number of unbranched alkanes of at least 4 members (excludes halogenated alkanes) is 1. The molecule has 0 bridgehead atoms. The number of amides is 3. The van der Waals surface area contributed by atoms with Gasteiger partial charge in [0.25, 0.3) is 11.8 Å². The van der Waals surface area contributed by atoms with E-state index in [1.807, 2.05) is 9.80 Å². The molecular formula is C24H36Br2N6O8. The summed E-state index contributed by atoms with van der Waals surface area (Å²) in [5.74, 6) is -2.99. The van der Waals surface area contributed by atoms with Crippen molar-refractivity contribution in [1.29, 1.82) is 0 Å². The van der Waals surface area contributed by atoms with E-state index in [0.29, 0.717) is 71.7 Å². The summed E-state index contributed by atoms with van der Waals surface area (Å²) in [5, 5.41) is 21.5. The first kappa shape index (κ1) is 34.0. The SMILES string of the molecule is O=CCN1CCN(CC(=O)O)CCN(CC(=O)NCCCCN2C(=O)C(Br)=C(Br)C2=O)CCN(CC(=O)O)CC1. The van der Waals surface area contributed by atoms with Crippen molar-refractivity contribution in [3.8, 4) is 0 Å². The van der Waals surface area contributed by atoms with Crippen molar-refractivity contribution in [3.63, 3.8) is 0 Å². The molecule has 2 aliphatic heterocycles. The second kappa shape index (κ2) is 17.5. The van der Waals surface area contributed by atoms with E-state index in [4.69, 9.17) is 0 Å². The predicted molar refractivity (Wildman–Crippen MR) is 151 cm³/mol. The average molecular weight is 696 g/mol. The number of halogens is 2. The molecule has 0 unspecified atom stereocenters. The minimum Gasteiger partial charge on any atom is -0.480 e. The number of hydrogen-bond donors (Lipinski definition) is 3. The number of rotatable bonds is 13. The predicted octanol–water partition coefficient (Wildman–Crippen LogP) is -1.16. The van der Waals surface area contributed by atoms with Crippen LogP contribution < -0.4 is 5.32 Å². The van der Waals surface area contributed by atoms with Crippen LogP contribution in [0.2, 0.25) is 0 Å². The van der Waals surface area contributed by atoms with E-state index >= 15 is 0 Å². The lowest BCUT2D eigenvalue weighted by molar-refractivity contribution is -0.139. The molecule has 0 aromatic heterocycles. The van der Waals surface area contributed by atoms with Crippen LogP contribution in [0.25, 0.3) is 0 Å². The normalized spacial score (nSPS) is 19.4. The minimum absolute atomic E-state index is 0.0476. The Morgan fingerprint density at radius 2 is 1.15 bits per heavy atom. The van der Waals surface area contributed by atoms with Crippen molar-refractivity contribution in [3.05, 3.63) is 8.96 Å². The number of nitrogens with one attached hydrogen (secondary N) is 1. The van der Waals surface area contributed by atoms with E-state index in [2.05, 4.69) is 37.2 Å². The Labute approximate surface area is 249 Å². The van der Waals surface area contributed by atoms with E-state index in [1.165, 1.54) is 0 Å². The van der Waals surface area contributed by atoms with Crippen molar-refractivity contribution in [2.45, 2.75) is 12.8 Å². The number of carbonyl (C=O) groups excluding carboxylic acids is 4. The number of hydrogen-bond acceptors (Lipinski definition) is 10. The zero-order valence-corrected chi connectivity index (χ0v) is 25.4. The molecule has 224 valence electrons. The Hall–Kier alpha value is -2.24. The first-order valence-corrected chi connectivity index (χ1v) is 14.5. The molecule has 14 nitrogen and oxygen atoms in total. The highest BCUT2D eigenvalue weighted by Crippen LogP contribution is 2.29. The molecule has 0 aliphatic carbocycles. The molecule has 0 aromatic carbocycles. The van der Waals surface area contributed by atoms with Gasteiger partial charge in [0.1, 0.15) is 15.3 Å². The van der Waals surface area contributed by atoms with Gasteiger partial charge < -0.3 is 20.3 Å². The molecule has 0 saturated carbocycles. The van der Waals surface area contributed by atoms with Gasteiger partial charge in [-0.15, -0.1) is 0 Å². The van der Waals surface area contributed by atoms with Crippen LogP contribution in [0.1, 0.15) is 12.8 Å². The molecule has 40 heavy (non-hydrogen) atoms. The molecule has 0 atom stereocenters. The maximum atomic E-state index is 12.7. The largest absolute Gasteiger partial charge is 0.480 e. The first-order chi connectivity index (χ1) is 19.0. The number of aldehydes is 1. The molecule has 16 heteroatoms. The lowest BCUT2D eigenvalue weighted by Gasteiger charge is -2.32. The highest BCUT2D eigenvalue weighted by molar-refractivity contribution is 9.14. The summed E-state index contributed by atoms with van der Waals surface area (Å²) in [5.41, 5.74) is 0. The molecule has 2 rings (SSSR count). The van der Waals surface area contributed by atoms with Gasteiger partial charge in [-0.3, -0.25) is 48.5 Å². The average Bonchev–Trinajstić information content (AvgIpc) is 3.07. The lowest BCUT2D eigenvalue weighted by atomic mass is 10.3. The minimum atomic E-state index is -0.973. The molecule has 0 aromatic rings. The van der Waals surface area contributed by atoms with Gasteiger partial charge in [0.2, 0.25) is 5.91 Å². The summed E-state index contributed by atoms with van der Waals surface area (Å²) in [6.45, 7) is 3.71. The van der Waals surface area contributed by atoms with Gasteiger partial charge in [0.15, 0.2) is 0 Å². The molecule has 3 N–H and O–H groups in total. The Morgan fingerprint density at radius 3 is 1.57 bits per heavy atom. The van der Waals surface area contributed by atoms with E-state index in [9.17, 15) is 39.0 Å². The second-order valence-electron chi connectivity index (χ2n) is 9.53. The zero-order chi connectivity index (χ0) is 29.7. The van der Waals surface area contributed by atoms with Crippen LogP contribution in [-0.4, -0.2) is 162 Å². The second-order valence-corrected chi connectivity index (χ2v) is 11.1. The summed E-state index contributed by atoms with van der Waals surface area (Å²) >= 11 is 6.17. The zero-order valence-electron chi connectivity index (χ0n) is 22.2. The number of carbonyl (C=O) groups is 6. The van der Waals surface area contributed by atoms with Crippen LogP contribution in [0.5, 0.6) is 0 Å². The fourth-order valence-electron chi connectivity index (χ4n) is 4.33. The van der Waals surface area contributed by atoms with Gasteiger partial charge in [-0.05, 0) is 44.7 Å². The van der Waals surface area contributed by atoms with E-state index in [0.717, 1.165) is 11.2 Å². The summed E-state index contributed by atoms with van der Waals surface area (Å²) in [6, 6.07) is 0. The van der Waals surface area contributed by atoms with Gasteiger partial charge in [-0.2, -0.15) is 0 Å². The molecule has 0 spiro atoms. The maximum absolute atomic E-state index is 12.7. The molecule has 1 fully saturated rings. The number of aliphatic carboxylic acids is 2. The molecule has 2 heterocycles. The van der Waals surface area contributed by atoms with Crippen LogP contribution in [0.4, 0.5) is 0 Å². The molecule has 2 aliphatic rings. The fraction of sp³-hybridized carbons (Fsp3) is 0.667. The number of imide groups is 1. The van der Waals surface area contributed by atoms with Crippen LogP contribution in [0.15, 0.2) is 8.96 Å². The topological polar surface area (TPSA) is 171 Å². The van der Waals surface area contributed by atoms with E-state index in [1.54, 1.807) is 9.80 Å². The maximum Gasteiger partial charge on any atom is 0.317 e. The Morgan fingerprint density at radius 1 is 0.725 bits per heavy atom. The van der Waals surface area contributed by atoms with Crippen LogP contribution >= 0.6 is 31.9 Å². The highest BCUT2D eigenvalue weighted by atomic mass is 79.9. The van der Waals surface area contributed by atoms with E-state index in [-0.39, 0.29) is 47.6 Å². The smallest absolute Gasteiger partial charge is 0.317 e. The standard InChI is InChI=1S/C24H36Br2N6O8/c25-21-22(26)24(40)32(23(21)39)4-2-1-3-27-18(34)15-29-9-11-30(16-19(35)36)7-5-28(13-14-33)6-8-31(12-10-29)17-20(37)38/h14H,1-13,15-17H2,(H,27,34)(H,35,36)(H,37,38). The number of nitrogens with zero attached hydrogens (tertiary/aromatic N) is 5. The van der Waals surface area contributed by atoms with Crippen LogP contribution in [0.3, 0.4) is 0 Å². The fourth-order valence-corrected chi connectivity index (χ4v) is 5.09. The number of carboxylic acid groups (broad SMARTS) is 2. The van der Waals surface area contributed by atoms with E-state index < -0.39 is 23.8 Å². The molecule has 3 amide bonds. The lowest BCUT2D eigenvalue weighted by Crippen LogP contribution is -2.49. The van der Waals surface area contributed by atoms with Crippen LogP contribution in [0, 0.1) is 0 Å². The summed E-state index contributed by atoms with van der Waals surface area (Å²) < 4.78 is 0.387. The highest BCUT2D eigenvalue weighted by Gasteiger charge is 2.35. The summed E-state index contributed by atoms with van der Waals surface area (Å²) in [6.07, 6.45) is 1.83. The Balaban J connectivity index is 1.91. The van der Waals surface area contributed by atoms with Gasteiger partial charge >= 0.3 is 11.9 Å². The van der Waals surface area contributed by atoms with Crippen molar-refractivity contribution >= 4 is 67.8 Å². The van der Waals surface area contributed by atoms with Gasteiger partial charge in [0, 0.05) is 65.4 Å². The Bertz CT molecular complexity index is 925. The molecule has 0 radical (unpaired) electrons. The molecule has 1 saturated heterocycles. The van der Waals surface area contributed by atoms with Gasteiger partial charge in [-0.1, -0.05) is 0 Å². The van der Waals surface area contributed by atoms with Gasteiger partial charge in [-0.25, -0.2) is 0 Å².